The fourth-order valence-electron chi connectivity index (χ4n) is 2.06. The number of imide groups is 1. The Morgan fingerprint density at radius 2 is 2.00 bits per heavy atom. The predicted molar refractivity (Wildman–Crippen MR) is 71.0 cm³/mol. The molecule has 0 bridgehead atoms. The van der Waals surface area contributed by atoms with Crippen LogP contribution in [0.3, 0.4) is 0 Å². The molecule has 1 aliphatic rings. The van der Waals surface area contributed by atoms with Crippen LogP contribution < -0.4 is 15.1 Å². The topological polar surface area (TPSA) is 52.7 Å². The van der Waals surface area contributed by atoms with E-state index >= 15 is 0 Å². The second-order valence-electron chi connectivity index (χ2n) is 4.62. The quantitative estimate of drug-likeness (QED) is 0.861. The van der Waals surface area contributed by atoms with Crippen molar-refractivity contribution in [3.63, 3.8) is 0 Å². The number of carbonyl (C=O) groups excluding carboxylic acids is 2. The Morgan fingerprint density at radius 3 is 2.61 bits per heavy atom. The summed E-state index contributed by atoms with van der Waals surface area (Å²) >= 11 is 0. The van der Waals surface area contributed by atoms with Crippen molar-refractivity contribution >= 4 is 23.3 Å². The summed E-state index contributed by atoms with van der Waals surface area (Å²) in [6.07, 6.45) is 0.344. The zero-order chi connectivity index (χ0) is 13.3. The molecule has 2 rings (SSSR count). The molecular weight excluding hydrogens is 230 g/mol. The van der Waals surface area contributed by atoms with E-state index in [1.807, 2.05) is 44.1 Å². The number of anilines is 2. The number of amides is 3. The van der Waals surface area contributed by atoms with Crippen molar-refractivity contribution in [2.24, 2.45) is 0 Å². The smallest absolute Gasteiger partial charge is 0.328 e. The third-order valence-electron chi connectivity index (χ3n) is 3.04. The van der Waals surface area contributed by atoms with Crippen LogP contribution in [0.4, 0.5) is 16.2 Å². The van der Waals surface area contributed by atoms with Crippen LogP contribution in [-0.4, -0.2) is 32.6 Å². The second-order valence-corrected chi connectivity index (χ2v) is 4.62. The molecule has 5 nitrogen and oxygen atoms in total. The molecule has 0 radical (unpaired) electrons. The van der Waals surface area contributed by atoms with E-state index in [0.717, 1.165) is 16.9 Å². The maximum Gasteiger partial charge on any atom is 0.328 e. The number of hydrogen-bond acceptors (Lipinski definition) is 3. The van der Waals surface area contributed by atoms with E-state index in [2.05, 4.69) is 5.32 Å². The molecule has 1 aromatic carbocycles. The normalized spacial score (nSPS) is 15.6. The summed E-state index contributed by atoms with van der Waals surface area (Å²) < 4.78 is 0. The van der Waals surface area contributed by atoms with Gasteiger partial charge in [0.05, 0.1) is 0 Å². The van der Waals surface area contributed by atoms with Gasteiger partial charge in [-0.05, 0) is 24.6 Å². The van der Waals surface area contributed by atoms with Crippen LogP contribution in [0, 0.1) is 6.92 Å². The lowest BCUT2D eigenvalue weighted by atomic mass is 10.1. The number of nitrogens with one attached hydrogen (secondary N) is 1. The van der Waals surface area contributed by atoms with Crippen molar-refractivity contribution in [3.8, 4) is 0 Å². The number of urea groups is 1. The Hall–Kier alpha value is -2.04. The van der Waals surface area contributed by atoms with E-state index in [9.17, 15) is 9.59 Å². The molecule has 1 aliphatic heterocycles. The number of aryl methyl sites for hydroxylation is 1. The van der Waals surface area contributed by atoms with Crippen LogP contribution in [0.2, 0.25) is 0 Å². The molecule has 1 saturated heterocycles. The number of benzene rings is 1. The van der Waals surface area contributed by atoms with Gasteiger partial charge >= 0.3 is 6.03 Å². The molecule has 1 N–H and O–H groups in total. The molecule has 3 amide bonds. The van der Waals surface area contributed by atoms with Crippen molar-refractivity contribution in [2.75, 3.05) is 30.4 Å². The minimum absolute atomic E-state index is 0.212. The molecule has 0 aromatic heterocycles. The third kappa shape index (κ3) is 2.30. The summed E-state index contributed by atoms with van der Waals surface area (Å²) in [6, 6.07) is 5.50. The Kier molecular flexibility index (Phi) is 3.23. The lowest BCUT2D eigenvalue weighted by Crippen LogP contribution is -2.49. The highest BCUT2D eigenvalue weighted by molar-refractivity contribution is 6.05. The van der Waals surface area contributed by atoms with Gasteiger partial charge in [-0.25, -0.2) is 4.79 Å². The van der Waals surface area contributed by atoms with Crippen LogP contribution in [0.15, 0.2) is 18.2 Å². The first-order valence-corrected chi connectivity index (χ1v) is 5.88. The number of rotatable bonds is 2. The molecule has 1 aromatic rings. The van der Waals surface area contributed by atoms with Gasteiger partial charge in [-0.15, -0.1) is 0 Å². The van der Waals surface area contributed by atoms with Crippen molar-refractivity contribution in [1.29, 1.82) is 0 Å². The molecule has 18 heavy (non-hydrogen) atoms. The van der Waals surface area contributed by atoms with E-state index in [1.165, 1.54) is 0 Å². The first kappa shape index (κ1) is 12.4. The standard InChI is InChI=1S/C13H17N3O2/c1-9-4-5-10(8-11(9)15(2)3)16-7-6-12(17)14-13(16)18/h4-5,8H,6-7H2,1-3H3,(H,14,17,18). The van der Waals surface area contributed by atoms with Crippen LogP contribution in [0.25, 0.3) is 0 Å². The summed E-state index contributed by atoms with van der Waals surface area (Å²) in [7, 11) is 3.93. The fourth-order valence-corrected chi connectivity index (χ4v) is 2.06. The van der Waals surface area contributed by atoms with Crippen LogP contribution in [-0.2, 0) is 4.79 Å². The van der Waals surface area contributed by atoms with Crippen molar-refractivity contribution in [3.05, 3.63) is 23.8 Å². The highest BCUT2D eigenvalue weighted by Crippen LogP contribution is 2.26. The fraction of sp³-hybridized carbons (Fsp3) is 0.385. The monoisotopic (exact) mass is 247 g/mol. The van der Waals surface area contributed by atoms with Gasteiger partial charge < -0.3 is 4.90 Å². The molecule has 0 spiro atoms. The third-order valence-corrected chi connectivity index (χ3v) is 3.04. The molecule has 0 saturated carbocycles. The lowest BCUT2D eigenvalue weighted by Gasteiger charge is -2.28. The van der Waals surface area contributed by atoms with E-state index in [4.69, 9.17) is 0 Å². The molecular formula is C13H17N3O2. The van der Waals surface area contributed by atoms with Gasteiger partial charge in [0.2, 0.25) is 5.91 Å². The molecule has 0 aliphatic carbocycles. The van der Waals surface area contributed by atoms with Crippen LogP contribution >= 0.6 is 0 Å². The van der Waals surface area contributed by atoms with Gasteiger partial charge in [0.1, 0.15) is 0 Å². The van der Waals surface area contributed by atoms with Gasteiger partial charge in [-0.1, -0.05) is 6.07 Å². The van der Waals surface area contributed by atoms with E-state index in [-0.39, 0.29) is 11.9 Å². The molecule has 1 heterocycles. The molecule has 0 unspecified atom stereocenters. The van der Waals surface area contributed by atoms with Gasteiger partial charge in [0.15, 0.2) is 0 Å². The first-order valence-electron chi connectivity index (χ1n) is 5.88. The zero-order valence-electron chi connectivity index (χ0n) is 10.9. The van der Waals surface area contributed by atoms with Crippen molar-refractivity contribution in [2.45, 2.75) is 13.3 Å². The van der Waals surface area contributed by atoms with E-state index in [0.29, 0.717) is 13.0 Å². The van der Waals surface area contributed by atoms with Gasteiger partial charge in [-0.3, -0.25) is 15.0 Å². The van der Waals surface area contributed by atoms with Crippen molar-refractivity contribution in [1.82, 2.24) is 5.32 Å². The Balaban J connectivity index is 2.31. The Bertz CT molecular complexity index is 497. The van der Waals surface area contributed by atoms with Crippen LogP contribution in [0.5, 0.6) is 0 Å². The van der Waals surface area contributed by atoms with Gasteiger partial charge in [-0.2, -0.15) is 0 Å². The SMILES string of the molecule is Cc1ccc(N2CCC(=O)NC2=O)cc1N(C)C. The summed E-state index contributed by atoms with van der Waals surface area (Å²) in [5, 5.41) is 2.33. The number of carbonyl (C=O) groups is 2. The molecule has 1 fully saturated rings. The number of hydrogen-bond donors (Lipinski definition) is 1. The highest BCUT2D eigenvalue weighted by Gasteiger charge is 2.24. The molecule has 5 heteroatoms. The van der Waals surface area contributed by atoms with Crippen molar-refractivity contribution < 1.29 is 9.59 Å². The van der Waals surface area contributed by atoms with E-state index < -0.39 is 0 Å². The first-order chi connectivity index (χ1) is 8.49. The second kappa shape index (κ2) is 4.68. The average molecular weight is 247 g/mol. The molecule has 0 atom stereocenters. The average Bonchev–Trinajstić information content (AvgIpc) is 2.30. The largest absolute Gasteiger partial charge is 0.377 e. The van der Waals surface area contributed by atoms with Gasteiger partial charge in [0, 0.05) is 38.4 Å². The minimum atomic E-state index is -0.347. The molecule has 96 valence electrons. The summed E-state index contributed by atoms with van der Waals surface area (Å²) in [5.41, 5.74) is 3.03. The predicted octanol–water partition coefficient (Wildman–Crippen LogP) is 1.51. The lowest BCUT2D eigenvalue weighted by molar-refractivity contribution is -0.120. The Labute approximate surface area is 106 Å². The van der Waals surface area contributed by atoms with Gasteiger partial charge in [0.25, 0.3) is 0 Å². The summed E-state index contributed by atoms with van der Waals surface area (Å²) in [5.74, 6) is -0.212. The van der Waals surface area contributed by atoms with Crippen LogP contribution in [0.1, 0.15) is 12.0 Å². The highest BCUT2D eigenvalue weighted by atomic mass is 16.2. The zero-order valence-corrected chi connectivity index (χ0v) is 10.9. The maximum absolute atomic E-state index is 11.8. The summed E-state index contributed by atoms with van der Waals surface area (Å²) in [4.78, 5) is 26.5. The van der Waals surface area contributed by atoms with E-state index in [1.54, 1.807) is 4.90 Å². The number of nitrogens with zero attached hydrogens (tertiary/aromatic N) is 2. The minimum Gasteiger partial charge on any atom is -0.377 e. The maximum atomic E-state index is 11.8. The summed E-state index contributed by atoms with van der Waals surface area (Å²) in [6.45, 7) is 2.46. The Morgan fingerprint density at radius 1 is 1.28 bits per heavy atom.